The van der Waals surface area contributed by atoms with Crippen molar-refractivity contribution in [2.45, 2.75) is 25.7 Å². The molecule has 0 spiro atoms. The summed E-state index contributed by atoms with van der Waals surface area (Å²) in [5.41, 5.74) is 2.62. The van der Waals surface area contributed by atoms with Gasteiger partial charge in [-0.05, 0) is 31.2 Å². The average molecular weight is 186 g/mol. The fourth-order valence-electron chi connectivity index (χ4n) is 1.68. The van der Waals surface area contributed by atoms with Crippen molar-refractivity contribution in [2.75, 3.05) is 0 Å². The molecule has 0 saturated carbocycles. The van der Waals surface area contributed by atoms with Gasteiger partial charge in [0.05, 0.1) is 0 Å². The first-order valence-electron chi connectivity index (χ1n) is 5.04. The van der Waals surface area contributed by atoms with E-state index in [0.717, 1.165) is 12.8 Å². The van der Waals surface area contributed by atoms with Gasteiger partial charge in [-0.25, -0.2) is 0 Å². The normalized spacial score (nSPS) is 12.1. The Morgan fingerprint density at radius 3 is 2.50 bits per heavy atom. The van der Waals surface area contributed by atoms with Crippen LogP contribution < -0.4 is 0 Å². The number of rotatable bonds is 5. The zero-order chi connectivity index (χ0) is 10.4. The molecule has 0 nitrogen and oxygen atoms in total. The third kappa shape index (κ3) is 3.21. The highest BCUT2D eigenvalue weighted by atomic mass is 14.1. The maximum Gasteiger partial charge on any atom is -0.00905 e. The van der Waals surface area contributed by atoms with Crippen molar-refractivity contribution in [3.8, 4) is 0 Å². The van der Waals surface area contributed by atoms with E-state index in [1.807, 2.05) is 6.08 Å². The molecule has 0 aromatic heterocycles. The minimum atomic E-state index is 0.547. The Labute approximate surface area is 87.0 Å². The van der Waals surface area contributed by atoms with Crippen molar-refractivity contribution >= 4 is 0 Å². The smallest absolute Gasteiger partial charge is 0.00905 e. The maximum absolute atomic E-state index is 3.97. The zero-order valence-electron chi connectivity index (χ0n) is 8.87. The predicted molar refractivity (Wildman–Crippen MR) is 63.4 cm³/mol. The molecule has 74 valence electrons. The summed E-state index contributed by atoms with van der Waals surface area (Å²) in [6.45, 7) is 9.85. The molecule has 1 atom stereocenters. The van der Waals surface area contributed by atoms with Crippen molar-refractivity contribution in [2.24, 2.45) is 0 Å². The Hall–Kier alpha value is -1.30. The largest absolute Gasteiger partial charge is 0.103 e. The molecule has 0 aliphatic heterocycles. The van der Waals surface area contributed by atoms with E-state index < -0.39 is 0 Å². The Morgan fingerprint density at radius 1 is 1.36 bits per heavy atom. The van der Waals surface area contributed by atoms with Crippen LogP contribution in [0.3, 0.4) is 0 Å². The van der Waals surface area contributed by atoms with Crippen LogP contribution in [0.5, 0.6) is 0 Å². The molecule has 0 aliphatic carbocycles. The van der Waals surface area contributed by atoms with E-state index in [9.17, 15) is 0 Å². The van der Waals surface area contributed by atoms with Gasteiger partial charge < -0.3 is 0 Å². The Morgan fingerprint density at radius 2 is 2.00 bits per heavy atom. The summed E-state index contributed by atoms with van der Waals surface area (Å²) in [4.78, 5) is 0. The molecule has 1 aromatic carbocycles. The lowest BCUT2D eigenvalue weighted by molar-refractivity contribution is 0.692. The minimum absolute atomic E-state index is 0.547. The van der Waals surface area contributed by atoms with Crippen LogP contribution in [0.1, 0.15) is 31.2 Å². The summed E-state index contributed by atoms with van der Waals surface area (Å²) in [6.07, 6.45) is 4.06. The van der Waals surface area contributed by atoms with Crippen LogP contribution in [-0.4, -0.2) is 0 Å². The number of hydrogen-bond donors (Lipinski definition) is 0. The molecule has 14 heavy (non-hydrogen) atoms. The Bertz CT molecular complexity index is 295. The lowest BCUT2D eigenvalue weighted by Crippen LogP contribution is -1.97. The van der Waals surface area contributed by atoms with E-state index >= 15 is 0 Å². The van der Waals surface area contributed by atoms with Gasteiger partial charge in [-0.2, -0.15) is 0 Å². The molecule has 0 N–H and O–H groups in total. The van der Waals surface area contributed by atoms with E-state index in [4.69, 9.17) is 0 Å². The fraction of sp³-hybridized carbons (Fsp3) is 0.286. The summed E-state index contributed by atoms with van der Waals surface area (Å²) in [6, 6.07) is 10.6. The van der Waals surface area contributed by atoms with Crippen LogP contribution >= 0.6 is 0 Å². The quantitative estimate of drug-likeness (QED) is 0.601. The molecule has 0 radical (unpaired) electrons. The van der Waals surface area contributed by atoms with Crippen LogP contribution in [-0.2, 0) is 0 Å². The summed E-state index contributed by atoms with van der Waals surface area (Å²) in [5, 5.41) is 0. The zero-order valence-corrected chi connectivity index (χ0v) is 8.87. The van der Waals surface area contributed by atoms with Gasteiger partial charge in [0.15, 0.2) is 0 Å². The van der Waals surface area contributed by atoms with E-state index in [-0.39, 0.29) is 0 Å². The van der Waals surface area contributed by atoms with Crippen molar-refractivity contribution in [3.05, 3.63) is 60.7 Å². The molecule has 1 rings (SSSR count). The summed E-state index contributed by atoms with van der Waals surface area (Å²) >= 11 is 0. The molecule has 1 unspecified atom stereocenters. The standard InChI is InChI=1S/C14H18/c1-4-8-14(11-12(2)3)13-9-6-5-7-10-13/h4-7,9-10,14H,1-2,8,11H2,3H3. The summed E-state index contributed by atoms with van der Waals surface area (Å²) in [5.74, 6) is 0.547. The molecule has 0 amide bonds. The van der Waals surface area contributed by atoms with E-state index in [2.05, 4.69) is 50.4 Å². The lowest BCUT2D eigenvalue weighted by atomic mass is 9.90. The third-order valence-electron chi connectivity index (χ3n) is 2.32. The molecule has 0 fully saturated rings. The first kappa shape index (κ1) is 10.8. The molecule has 0 bridgehead atoms. The van der Waals surface area contributed by atoms with E-state index in [1.54, 1.807) is 0 Å². The number of hydrogen-bond acceptors (Lipinski definition) is 0. The van der Waals surface area contributed by atoms with Gasteiger partial charge in [-0.1, -0.05) is 42.0 Å². The van der Waals surface area contributed by atoms with Crippen LogP contribution in [0.15, 0.2) is 55.1 Å². The Balaban J connectivity index is 2.77. The molecule has 1 aromatic rings. The minimum Gasteiger partial charge on any atom is -0.103 e. The highest BCUT2D eigenvalue weighted by Gasteiger charge is 2.08. The topological polar surface area (TPSA) is 0 Å². The Kier molecular flexibility index (Phi) is 4.18. The second kappa shape index (κ2) is 5.43. The molecule has 0 saturated heterocycles. The van der Waals surface area contributed by atoms with Crippen LogP contribution in [0.25, 0.3) is 0 Å². The second-order valence-corrected chi connectivity index (χ2v) is 3.79. The molecule has 0 heterocycles. The van der Waals surface area contributed by atoms with Gasteiger partial charge in [0.1, 0.15) is 0 Å². The molecular formula is C14H18. The maximum atomic E-state index is 3.97. The van der Waals surface area contributed by atoms with Gasteiger partial charge in [0, 0.05) is 0 Å². The third-order valence-corrected chi connectivity index (χ3v) is 2.32. The monoisotopic (exact) mass is 186 g/mol. The van der Waals surface area contributed by atoms with Crippen molar-refractivity contribution in [1.29, 1.82) is 0 Å². The van der Waals surface area contributed by atoms with E-state index in [1.165, 1.54) is 11.1 Å². The van der Waals surface area contributed by atoms with Gasteiger partial charge in [0.2, 0.25) is 0 Å². The van der Waals surface area contributed by atoms with Gasteiger partial charge in [0.25, 0.3) is 0 Å². The van der Waals surface area contributed by atoms with Crippen molar-refractivity contribution < 1.29 is 0 Å². The summed E-state index contributed by atoms with van der Waals surface area (Å²) < 4.78 is 0. The molecule has 0 aliphatic rings. The SMILES string of the molecule is C=CCC(CC(=C)C)c1ccccc1. The van der Waals surface area contributed by atoms with Gasteiger partial charge >= 0.3 is 0 Å². The highest BCUT2D eigenvalue weighted by molar-refractivity contribution is 5.21. The van der Waals surface area contributed by atoms with Crippen molar-refractivity contribution in [3.63, 3.8) is 0 Å². The summed E-state index contributed by atoms with van der Waals surface area (Å²) in [7, 11) is 0. The fourth-order valence-corrected chi connectivity index (χ4v) is 1.68. The second-order valence-electron chi connectivity index (χ2n) is 3.79. The highest BCUT2D eigenvalue weighted by Crippen LogP contribution is 2.26. The van der Waals surface area contributed by atoms with Crippen molar-refractivity contribution in [1.82, 2.24) is 0 Å². The van der Waals surface area contributed by atoms with Crippen LogP contribution in [0.4, 0.5) is 0 Å². The predicted octanol–water partition coefficient (Wildman–Crippen LogP) is 4.31. The van der Waals surface area contributed by atoms with Crippen LogP contribution in [0, 0.1) is 0 Å². The lowest BCUT2D eigenvalue weighted by Gasteiger charge is -2.15. The number of allylic oxidation sites excluding steroid dienone is 2. The number of benzene rings is 1. The first-order valence-corrected chi connectivity index (χ1v) is 5.04. The van der Waals surface area contributed by atoms with Gasteiger partial charge in [-0.3, -0.25) is 0 Å². The molecular weight excluding hydrogens is 168 g/mol. The van der Waals surface area contributed by atoms with Gasteiger partial charge in [-0.15, -0.1) is 13.2 Å². The van der Waals surface area contributed by atoms with E-state index in [0.29, 0.717) is 5.92 Å². The average Bonchev–Trinajstić information content (AvgIpc) is 2.18. The molecule has 0 heteroatoms. The van der Waals surface area contributed by atoms with Crippen LogP contribution in [0.2, 0.25) is 0 Å². The first-order chi connectivity index (χ1) is 6.74.